The van der Waals surface area contributed by atoms with E-state index >= 15 is 0 Å². The van der Waals surface area contributed by atoms with Crippen LogP contribution in [0.15, 0.2) is 0 Å². The molecule has 0 aromatic rings. The van der Waals surface area contributed by atoms with Crippen LogP contribution in [0.5, 0.6) is 0 Å². The van der Waals surface area contributed by atoms with Crippen molar-refractivity contribution in [3.63, 3.8) is 0 Å². The van der Waals surface area contributed by atoms with Gasteiger partial charge in [-0.2, -0.15) is 0 Å². The Hall–Kier alpha value is -1.30. The van der Waals surface area contributed by atoms with Crippen molar-refractivity contribution in [3.05, 3.63) is 0 Å². The van der Waals surface area contributed by atoms with Gasteiger partial charge in [0.05, 0.1) is 6.10 Å². The third kappa shape index (κ3) is 1.33. The molecule has 1 fully saturated rings. The van der Waals surface area contributed by atoms with Crippen molar-refractivity contribution in [1.29, 1.82) is 0 Å². The summed E-state index contributed by atoms with van der Waals surface area (Å²) in [6.07, 6.45) is -0.380. The van der Waals surface area contributed by atoms with Gasteiger partial charge >= 0.3 is 6.03 Å². The third-order valence-corrected chi connectivity index (χ3v) is 1.83. The molecule has 1 saturated heterocycles. The molecule has 6 nitrogen and oxygen atoms in total. The molecule has 0 aromatic heterocycles. The Morgan fingerprint density at radius 2 is 2.08 bits per heavy atom. The number of rotatable bonds is 1. The SMILES string of the molecule is CC1OCN(C(N)=O)C1C(N)=O. The van der Waals surface area contributed by atoms with Crippen LogP contribution in [-0.4, -0.2) is 35.7 Å². The molecule has 4 N–H and O–H groups in total. The molecule has 68 valence electrons. The summed E-state index contributed by atoms with van der Waals surface area (Å²) in [5, 5.41) is 0. The fourth-order valence-corrected chi connectivity index (χ4v) is 1.21. The van der Waals surface area contributed by atoms with E-state index in [0.717, 1.165) is 4.90 Å². The van der Waals surface area contributed by atoms with Crippen LogP contribution >= 0.6 is 0 Å². The zero-order valence-corrected chi connectivity index (χ0v) is 6.69. The average molecular weight is 173 g/mol. The summed E-state index contributed by atoms with van der Waals surface area (Å²) in [6.45, 7) is 1.70. The minimum atomic E-state index is -0.734. The molecule has 1 aliphatic heterocycles. The molecule has 1 aliphatic rings. The van der Waals surface area contributed by atoms with Crippen LogP contribution in [0.25, 0.3) is 0 Å². The van der Waals surface area contributed by atoms with Gasteiger partial charge in [0.25, 0.3) is 0 Å². The number of hydrogen-bond acceptors (Lipinski definition) is 3. The molecule has 0 saturated carbocycles. The standard InChI is InChI=1S/C6H11N3O3/c1-3-4(5(7)10)9(2-12-3)6(8)11/h3-4H,2H2,1H3,(H2,7,10)(H2,8,11). The van der Waals surface area contributed by atoms with Gasteiger partial charge in [-0.15, -0.1) is 0 Å². The molecule has 2 unspecified atom stereocenters. The fraction of sp³-hybridized carbons (Fsp3) is 0.667. The van der Waals surface area contributed by atoms with E-state index in [1.54, 1.807) is 6.92 Å². The van der Waals surface area contributed by atoms with Gasteiger partial charge in [0, 0.05) is 0 Å². The predicted octanol–water partition coefficient (Wildman–Crippen LogP) is -1.40. The molecular formula is C6H11N3O3. The van der Waals surface area contributed by atoms with Gasteiger partial charge in [-0.1, -0.05) is 0 Å². The maximum absolute atomic E-state index is 10.8. The van der Waals surface area contributed by atoms with Crippen molar-refractivity contribution in [2.24, 2.45) is 11.5 Å². The van der Waals surface area contributed by atoms with E-state index in [0.29, 0.717) is 0 Å². The summed E-state index contributed by atoms with van der Waals surface area (Å²) in [6, 6.07) is -1.43. The van der Waals surface area contributed by atoms with Gasteiger partial charge < -0.3 is 16.2 Å². The third-order valence-electron chi connectivity index (χ3n) is 1.83. The second kappa shape index (κ2) is 2.98. The van der Waals surface area contributed by atoms with E-state index in [1.807, 2.05) is 0 Å². The summed E-state index contributed by atoms with van der Waals surface area (Å²) in [5.41, 5.74) is 10.0. The van der Waals surface area contributed by atoms with Crippen LogP contribution in [0.3, 0.4) is 0 Å². The zero-order valence-electron chi connectivity index (χ0n) is 6.69. The molecule has 0 aromatic carbocycles. The first-order valence-corrected chi connectivity index (χ1v) is 3.51. The van der Waals surface area contributed by atoms with E-state index in [1.165, 1.54) is 0 Å². The Morgan fingerprint density at radius 3 is 2.42 bits per heavy atom. The Kier molecular flexibility index (Phi) is 2.18. The van der Waals surface area contributed by atoms with E-state index in [-0.39, 0.29) is 12.8 Å². The van der Waals surface area contributed by atoms with Crippen molar-refractivity contribution in [2.75, 3.05) is 6.73 Å². The molecule has 0 aliphatic carbocycles. The van der Waals surface area contributed by atoms with E-state index in [2.05, 4.69) is 0 Å². The van der Waals surface area contributed by atoms with Gasteiger partial charge in [-0.05, 0) is 6.92 Å². The maximum atomic E-state index is 10.8. The Labute approximate surface area is 69.4 Å². The van der Waals surface area contributed by atoms with Gasteiger partial charge in [0.15, 0.2) is 0 Å². The van der Waals surface area contributed by atoms with E-state index < -0.39 is 18.0 Å². The first kappa shape index (κ1) is 8.79. The van der Waals surface area contributed by atoms with Crippen molar-refractivity contribution in [1.82, 2.24) is 4.90 Å². The summed E-state index contributed by atoms with van der Waals surface area (Å²) >= 11 is 0. The van der Waals surface area contributed by atoms with Crippen molar-refractivity contribution >= 4 is 11.9 Å². The van der Waals surface area contributed by atoms with Gasteiger partial charge in [-0.25, -0.2) is 4.79 Å². The molecule has 2 atom stereocenters. The van der Waals surface area contributed by atoms with Gasteiger partial charge in [-0.3, -0.25) is 9.69 Å². The van der Waals surface area contributed by atoms with Crippen LogP contribution in [0.4, 0.5) is 4.79 Å². The lowest BCUT2D eigenvalue weighted by molar-refractivity contribution is -0.122. The number of amides is 3. The Balaban J connectivity index is 2.77. The molecule has 12 heavy (non-hydrogen) atoms. The fourth-order valence-electron chi connectivity index (χ4n) is 1.21. The molecule has 0 bridgehead atoms. The monoisotopic (exact) mass is 173 g/mol. The number of nitrogens with zero attached hydrogens (tertiary/aromatic N) is 1. The first-order chi connectivity index (χ1) is 5.54. The Morgan fingerprint density at radius 1 is 1.50 bits per heavy atom. The highest BCUT2D eigenvalue weighted by atomic mass is 16.5. The molecule has 6 heteroatoms. The number of primary amides is 2. The second-order valence-corrected chi connectivity index (χ2v) is 2.66. The highest BCUT2D eigenvalue weighted by molar-refractivity contribution is 5.86. The predicted molar refractivity (Wildman–Crippen MR) is 39.8 cm³/mol. The number of ether oxygens (including phenoxy) is 1. The van der Waals surface area contributed by atoms with Crippen molar-refractivity contribution in [2.45, 2.75) is 19.1 Å². The summed E-state index contributed by atoms with van der Waals surface area (Å²) < 4.78 is 5.02. The van der Waals surface area contributed by atoms with E-state index in [9.17, 15) is 9.59 Å². The Bertz CT molecular complexity index is 218. The first-order valence-electron chi connectivity index (χ1n) is 3.51. The number of nitrogens with two attached hydrogens (primary N) is 2. The maximum Gasteiger partial charge on any atom is 0.317 e. The number of hydrogen-bond donors (Lipinski definition) is 2. The second-order valence-electron chi connectivity index (χ2n) is 2.66. The molecular weight excluding hydrogens is 162 g/mol. The van der Waals surface area contributed by atoms with Gasteiger partial charge in [0.2, 0.25) is 5.91 Å². The zero-order chi connectivity index (χ0) is 9.30. The number of carbonyl (C=O) groups excluding carboxylic acids is 2. The molecule has 0 spiro atoms. The molecule has 1 heterocycles. The van der Waals surface area contributed by atoms with Crippen LogP contribution in [0.2, 0.25) is 0 Å². The molecule has 0 radical (unpaired) electrons. The minimum absolute atomic E-state index is 0.0319. The van der Waals surface area contributed by atoms with Crippen molar-refractivity contribution < 1.29 is 14.3 Å². The topological polar surface area (TPSA) is 98.7 Å². The van der Waals surface area contributed by atoms with Crippen LogP contribution in [0, 0.1) is 0 Å². The lowest BCUT2D eigenvalue weighted by atomic mass is 10.2. The summed E-state index contributed by atoms with van der Waals surface area (Å²) in [4.78, 5) is 22.6. The smallest absolute Gasteiger partial charge is 0.317 e. The van der Waals surface area contributed by atoms with Crippen LogP contribution in [-0.2, 0) is 9.53 Å². The molecule has 1 rings (SSSR count). The molecule has 3 amide bonds. The van der Waals surface area contributed by atoms with Crippen LogP contribution < -0.4 is 11.5 Å². The van der Waals surface area contributed by atoms with Gasteiger partial charge in [0.1, 0.15) is 12.8 Å². The summed E-state index contributed by atoms with van der Waals surface area (Å²) in [5.74, 6) is -0.598. The van der Waals surface area contributed by atoms with Crippen LogP contribution in [0.1, 0.15) is 6.92 Å². The van der Waals surface area contributed by atoms with E-state index in [4.69, 9.17) is 16.2 Å². The highest BCUT2D eigenvalue weighted by Crippen LogP contribution is 2.15. The lowest BCUT2D eigenvalue weighted by Crippen LogP contribution is -2.49. The quantitative estimate of drug-likeness (QED) is 0.510. The average Bonchev–Trinajstić information content (AvgIpc) is 2.30. The highest BCUT2D eigenvalue weighted by Gasteiger charge is 2.38. The minimum Gasteiger partial charge on any atom is -0.368 e. The number of urea groups is 1. The normalized spacial score (nSPS) is 28.9. The van der Waals surface area contributed by atoms with Crippen molar-refractivity contribution in [3.8, 4) is 0 Å². The summed E-state index contributed by atoms with van der Waals surface area (Å²) in [7, 11) is 0. The lowest BCUT2D eigenvalue weighted by Gasteiger charge is -2.18. The largest absolute Gasteiger partial charge is 0.368 e. The number of carbonyl (C=O) groups is 2.